The molecule has 0 bridgehead atoms. The van der Waals surface area contributed by atoms with Crippen LogP contribution in [0.3, 0.4) is 0 Å². The molecule has 1 fully saturated rings. The molecule has 1 saturated carbocycles. The third-order valence-corrected chi connectivity index (χ3v) is 5.47. The molecule has 0 aliphatic heterocycles. The minimum Gasteiger partial charge on any atom is -0.462 e. The molecule has 12 heteroatoms. The van der Waals surface area contributed by atoms with Gasteiger partial charge in [0.25, 0.3) is 0 Å². The number of carbonyl (C=O) groups is 5. The summed E-state index contributed by atoms with van der Waals surface area (Å²) in [6.45, 7) is 1.87. The van der Waals surface area contributed by atoms with Gasteiger partial charge in [0.1, 0.15) is 11.5 Å². The number of carbonyl (C=O) groups excluding carboxylic acids is 5. The van der Waals surface area contributed by atoms with E-state index in [-0.39, 0.29) is 25.0 Å². The average Bonchev–Trinajstić information content (AvgIpc) is 3.36. The lowest BCUT2D eigenvalue weighted by atomic mass is 9.95. The zero-order chi connectivity index (χ0) is 26.6. The van der Waals surface area contributed by atoms with E-state index in [9.17, 15) is 24.0 Å². The number of rotatable bonds is 8. The Labute approximate surface area is 213 Å². The predicted octanol–water partition coefficient (Wildman–Crippen LogP) is 1.61. The fourth-order valence-corrected chi connectivity index (χ4v) is 3.60. The van der Waals surface area contributed by atoms with E-state index in [0.717, 1.165) is 32.1 Å². The summed E-state index contributed by atoms with van der Waals surface area (Å²) < 4.78 is 10.3. The highest BCUT2D eigenvalue weighted by atomic mass is 16.5. The molecule has 37 heavy (non-hydrogen) atoms. The maximum atomic E-state index is 12.1. The number of nitrogens with one attached hydrogen (secondary N) is 4. The van der Waals surface area contributed by atoms with Crippen molar-refractivity contribution in [3.8, 4) is 0 Å². The van der Waals surface area contributed by atoms with Crippen molar-refractivity contribution in [1.82, 2.24) is 16.1 Å². The second-order valence-corrected chi connectivity index (χ2v) is 8.25. The van der Waals surface area contributed by atoms with Crippen LogP contribution in [0.2, 0.25) is 0 Å². The highest BCUT2D eigenvalue weighted by Gasteiger charge is 2.20. The number of hydrazone groups is 1. The van der Waals surface area contributed by atoms with Crippen LogP contribution in [-0.2, 0) is 30.5 Å². The molecule has 4 amide bonds. The van der Waals surface area contributed by atoms with Gasteiger partial charge >= 0.3 is 29.6 Å². The second-order valence-electron chi connectivity index (χ2n) is 8.25. The first-order chi connectivity index (χ1) is 17.9. The molecule has 1 aliphatic carbocycles. The SMILES string of the molecule is CCOC(=O)c1ccc(NC(=O)C(=O)NCc2ccc(/C=N/NC(=O)C(=O)NC3CCCCC3)o2)cc1. The molecule has 1 heterocycles. The number of anilines is 1. The second kappa shape index (κ2) is 13.6. The first kappa shape index (κ1) is 27.1. The van der Waals surface area contributed by atoms with Crippen LogP contribution in [0.25, 0.3) is 0 Å². The van der Waals surface area contributed by atoms with Crippen LogP contribution < -0.4 is 21.4 Å². The number of hydrogen-bond acceptors (Lipinski definition) is 8. The Bertz CT molecular complexity index is 1150. The molecule has 0 radical (unpaired) electrons. The van der Waals surface area contributed by atoms with Crippen molar-refractivity contribution in [2.45, 2.75) is 51.6 Å². The van der Waals surface area contributed by atoms with Crippen molar-refractivity contribution < 1.29 is 33.1 Å². The van der Waals surface area contributed by atoms with Crippen LogP contribution in [0.5, 0.6) is 0 Å². The van der Waals surface area contributed by atoms with Gasteiger partial charge in [-0.25, -0.2) is 10.2 Å². The van der Waals surface area contributed by atoms with E-state index in [1.807, 2.05) is 0 Å². The van der Waals surface area contributed by atoms with Crippen LogP contribution in [0.1, 0.15) is 60.9 Å². The number of furan rings is 1. The number of ether oxygens (including phenoxy) is 1. The predicted molar refractivity (Wildman–Crippen MR) is 132 cm³/mol. The summed E-state index contributed by atoms with van der Waals surface area (Å²) in [5.41, 5.74) is 2.80. The summed E-state index contributed by atoms with van der Waals surface area (Å²) in [5, 5.41) is 11.2. The molecule has 3 rings (SSSR count). The van der Waals surface area contributed by atoms with Crippen LogP contribution >= 0.6 is 0 Å². The molecule has 2 aromatic rings. The van der Waals surface area contributed by atoms with E-state index in [2.05, 4.69) is 26.5 Å². The molecule has 196 valence electrons. The van der Waals surface area contributed by atoms with Crippen molar-refractivity contribution in [2.75, 3.05) is 11.9 Å². The highest BCUT2D eigenvalue weighted by molar-refractivity contribution is 6.39. The number of amides is 4. The highest BCUT2D eigenvalue weighted by Crippen LogP contribution is 2.17. The van der Waals surface area contributed by atoms with Gasteiger partial charge < -0.3 is 25.1 Å². The molecule has 0 unspecified atom stereocenters. The van der Waals surface area contributed by atoms with E-state index in [0.29, 0.717) is 17.0 Å². The molecule has 0 saturated heterocycles. The van der Waals surface area contributed by atoms with Crippen molar-refractivity contribution >= 4 is 41.5 Å². The number of benzene rings is 1. The van der Waals surface area contributed by atoms with Gasteiger partial charge in [0.05, 0.1) is 24.9 Å². The van der Waals surface area contributed by atoms with Gasteiger partial charge in [0.2, 0.25) is 0 Å². The summed E-state index contributed by atoms with van der Waals surface area (Å²) in [4.78, 5) is 59.7. The summed E-state index contributed by atoms with van der Waals surface area (Å²) in [6, 6.07) is 9.03. The maximum Gasteiger partial charge on any atom is 0.338 e. The van der Waals surface area contributed by atoms with E-state index < -0.39 is 29.6 Å². The minimum absolute atomic E-state index is 0.0118. The Morgan fingerprint density at radius 2 is 1.68 bits per heavy atom. The summed E-state index contributed by atoms with van der Waals surface area (Å²) in [7, 11) is 0. The van der Waals surface area contributed by atoms with Crippen molar-refractivity contribution in [3.05, 3.63) is 53.5 Å². The molecule has 0 spiro atoms. The van der Waals surface area contributed by atoms with E-state index in [1.54, 1.807) is 19.1 Å². The zero-order valence-electron chi connectivity index (χ0n) is 20.4. The third-order valence-electron chi connectivity index (χ3n) is 5.47. The van der Waals surface area contributed by atoms with Crippen LogP contribution in [0.4, 0.5) is 5.69 Å². The van der Waals surface area contributed by atoms with Crippen LogP contribution in [-0.4, -0.2) is 48.5 Å². The monoisotopic (exact) mass is 511 g/mol. The van der Waals surface area contributed by atoms with Gasteiger partial charge in [-0.05, 0) is 56.2 Å². The number of nitrogens with zero attached hydrogens (tertiary/aromatic N) is 1. The Morgan fingerprint density at radius 1 is 0.946 bits per heavy atom. The molecule has 12 nitrogen and oxygen atoms in total. The normalized spacial score (nSPS) is 13.5. The summed E-state index contributed by atoms with van der Waals surface area (Å²) in [5.74, 6) is -3.28. The molecule has 1 aromatic carbocycles. The van der Waals surface area contributed by atoms with Crippen LogP contribution in [0, 0.1) is 0 Å². The molecular formula is C25H29N5O7. The lowest BCUT2D eigenvalue weighted by molar-refractivity contribution is -0.139. The fourth-order valence-electron chi connectivity index (χ4n) is 3.60. The summed E-state index contributed by atoms with van der Waals surface area (Å²) >= 11 is 0. The zero-order valence-corrected chi connectivity index (χ0v) is 20.4. The van der Waals surface area contributed by atoms with Gasteiger partial charge in [-0.3, -0.25) is 19.2 Å². The fraction of sp³-hybridized carbons (Fsp3) is 0.360. The smallest absolute Gasteiger partial charge is 0.338 e. The maximum absolute atomic E-state index is 12.1. The third kappa shape index (κ3) is 8.60. The summed E-state index contributed by atoms with van der Waals surface area (Å²) in [6.07, 6.45) is 6.13. The molecular weight excluding hydrogens is 482 g/mol. The lowest BCUT2D eigenvalue weighted by Crippen LogP contribution is -2.44. The van der Waals surface area contributed by atoms with Gasteiger partial charge in [0, 0.05) is 11.7 Å². The quantitative estimate of drug-likeness (QED) is 0.181. The van der Waals surface area contributed by atoms with Gasteiger partial charge in [-0.15, -0.1) is 0 Å². The molecule has 4 N–H and O–H groups in total. The Hall–Kier alpha value is -4.48. The van der Waals surface area contributed by atoms with Crippen molar-refractivity contribution in [1.29, 1.82) is 0 Å². The number of esters is 1. The number of hydrogen-bond donors (Lipinski definition) is 4. The van der Waals surface area contributed by atoms with E-state index in [4.69, 9.17) is 9.15 Å². The largest absolute Gasteiger partial charge is 0.462 e. The first-order valence-corrected chi connectivity index (χ1v) is 11.9. The van der Waals surface area contributed by atoms with Gasteiger partial charge in [-0.2, -0.15) is 5.10 Å². The van der Waals surface area contributed by atoms with Gasteiger partial charge in [0.15, 0.2) is 0 Å². The van der Waals surface area contributed by atoms with Gasteiger partial charge in [-0.1, -0.05) is 19.3 Å². The average molecular weight is 512 g/mol. The van der Waals surface area contributed by atoms with E-state index >= 15 is 0 Å². The lowest BCUT2D eigenvalue weighted by Gasteiger charge is -2.22. The van der Waals surface area contributed by atoms with E-state index in [1.165, 1.54) is 30.5 Å². The Kier molecular flexibility index (Phi) is 9.94. The Morgan fingerprint density at radius 3 is 2.38 bits per heavy atom. The standard InChI is InChI=1S/C25H29N5O7/c1-2-36-25(35)16-8-10-18(11-9-16)29-22(32)21(31)26-14-19-12-13-20(37-19)15-27-30-24(34)23(33)28-17-6-4-3-5-7-17/h8-13,15,17H,2-7,14H2,1H3,(H,26,31)(H,28,33)(H,29,32)(H,30,34)/b27-15+. The minimum atomic E-state index is -0.897. The first-order valence-electron chi connectivity index (χ1n) is 11.9. The Balaban J connectivity index is 1.39. The van der Waals surface area contributed by atoms with Crippen molar-refractivity contribution in [3.63, 3.8) is 0 Å². The molecule has 1 aromatic heterocycles. The molecule has 0 atom stereocenters. The molecule has 1 aliphatic rings. The van der Waals surface area contributed by atoms with Crippen LogP contribution in [0.15, 0.2) is 45.9 Å². The van der Waals surface area contributed by atoms with Crippen molar-refractivity contribution in [2.24, 2.45) is 5.10 Å². The topological polar surface area (TPSA) is 168 Å².